The molecule has 6 nitrogen and oxygen atoms in total. The third kappa shape index (κ3) is 4.19. The lowest BCUT2D eigenvalue weighted by Gasteiger charge is -2.00. The van der Waals surface area contributed by atoms with Crippen LogP contribution >= 0.6 is 11.3 Å². The van der Waals surface area contributed by atoms with Gasteiger partial charge in [0.15, 0.2) is 5.57 Å². The van der Waals surface area contributed by atoms with Crippen molar-refractivity contribution in [3.05, 3.63) is 62.0 Å². The lowest BCUT2D eigenvalue weighted by Crippen LogP contribution is -2.32. The summed E-state index contributed by atoms with van der Waals surface area (Å²) in [7, 11) is 0. The second-order valence-corrected chi connectivity index (χ2v) is 6.04. The van der Waals surface area contributed by atoms with Crippen LogP contribution in [0.1, 0.15) is 12.5 Å². The second-order valence-electron chi connectivity index (χ2n) is 5.04. The number of hydrogen-bond acceptors (Lipinski definition) is 6. The van der Waals surface area contributed by atoms with Crippen molar-refractivity contribution in [2.24, 2.45) is 0 Å². The van der Waals surface area contributed by atoms with Crippen molar-refractivity contribution in [3.63, 3.8) is 0 Å². The quantitative estimate of drug-likeness (QED) is 0.631. The van der Waals surface area contributed by atoms with Crippen LogP contribution in [0.2, 0.25) is 0 Å². The van der Waals surface area contributed by atoms with Gasteiger partial charge in [0.1, 0.15) is 27.6 Å². The van der Waals surface area contributed by atoms with Gasteiger partial charge in [0.2, 0.25) is 0 Å². The van der Waals surface area contributed by atoms with Gasteiger partial charge in [-0.25, -0.2) is 4.79 Å². The molecule has 0 aliphatic heterocycles. The summed E-state index contributed by atoms with van der Waals surface area (Å²) < 4.78 is 6.71. The summed E-state index contributed by atoms with van der Waals surface area (Å²) in [5, 5.41) is 18.8. The highest BCUT2D eigenvalue weighted by molar-refractivity contribution is 7.07. The van der Waals surface area contributed by atoms with E-state index < -0.39 is 5.97 Å². The predicted molar refractivity (Wildman–Crippen MR) is 99.7 cm³/mol. The molecular weight excluding hydrogens is 352 g/mol. The molecule has 26 heavy (non-hydrogen) atoms. The summed E-state index contributed by atoms with van der Waals surface area (Å²) in [4.78, 5) is 24.6. The maximum absolute atomic E-state index is 12.5. The SMILES string of the molecule is C=CCOC(=O)/C(C#N)=c1\sc(=C=Cc2cccc(O)c2)c(=O)n1CC. The van der Waals surface area contributed by atoms with Crippen LogP contribution in [0.25, 0.3) is 17.4 Å². The normalized spacial score (nSPS) is 11.1. The maximum Gasteiger partial charge on any atom is 0.352 e. The highest BCUT2D eigenvalue weighted by Crippen LogP contribution is 2.11. The Balaban J connectivity index is 2.70. The Morgan fingerprint density at radius 3 is 2.88 bits per heavy atom. The lowest BCUT2D eigenvalue weighted by atomic mass is 10.2. The Kier molecular flexibility index (Phi) is 6.34. The van der Waals surface area contributed by atoms with Crippen LogP contribution in [0.3, 0.4) is 0 Å². The minimum atomic E-state index is -0.806. The van der Waals surface area contributed by atoms with Crippen LogP contribution in [0, 0.1) is 11.3 Å². The molecule has 1 aromatic heterocycles. The fraction of sp³-hybridized carbons (Fsp3) is 0.158. The van der Waals surface area contributed by atoms with Gasteiger partial charge in [-0.3, -0.25) is 9.36 Å². The third-order valence-electron chi connectivity index (χ3n) is 3.30. The number of phenols is 1. The van der Waals surface area contributed by atoms with E-state index in [0.29, 0.717) is 12.1 Å². The van der Waals surface area contributed by atoms with Gasteiger partial charge in [0.25, 0.3) is 5.56 Å². The molecule has 0 bridgehead atoms. The van der Waals surface area contributed by atoms with Crippen molar-refractivity contribution >= 4 is 34.7 Å². The number of carbonyl (C=O) groups excluding carboxylic acids is 1. The number of carbonyl (C=O) groups is 1. The minimum Gasteiger partial charge on any atom is -0.508 e. The summed E-state index contributed by atoms with van der Waals surface area (Å²) in [6, 6.07) is 8.29. The number of rotatable bonds is 5. The first-order chi connectivity index (χ1) is 12.5. The molecule has 1 N–H and O–H groups in total. The number of nitriles is 1. The Morgan fingerprint density at radius 2 is 2.27 bits per heavy atom. The molecule has 1 aromatic carbocycles. The fourth-order valence-electron chi connectivity index (χ4n) is 2.13. The van der Waals surface area contributed by atoms with Crippen molar-refractivity contribution in [2.75, 3.05) is 6.61 Å². The number of benzene rings is 1. The average molecular weight is 368 g/mol. The van der Waals surface area contributed by atoms with Crippen LogP contribution in [0.15, 0.2) is 41.7 Å². The number of phenolic OH excluding ortho intramolecular Hbond substituents is 1. The Bertz CT molecular complexity index is 1100. The number of ether oxygens (including phenoxy) is 1. The van der Waals surface area contributed by atoms with E-state index in [1.54, 1.807) is 25.1 Å². The van der Waals surface area contributed by atoms with E-state index >= 15 is 0 Å². The molecular formula is C19H16N2O4S. The summed E-state index contributed by atoms with van der Waals surface area (Å²) in [5.41, 5.74) is 2.95. The van der Waals surface area contributed by atoms with Crippen molar-refractivity contribution in [2.45, 2.75) is 13.5 Å². The molecule has 0 saturated heterocycles. The number of nitrogens with zero attached hydrogens (tertiary/aromatic N) is 2. The first kappa shape index (κ1) is 19.0. The minimum absolute atomic E-state index is 0.0257. The second kappa shape index (κ2) is 8.67. The molecule has 132 valence electrons. The van der Waals surface area contributed by atoms with Gasteiger partial charge in [0, 0.05) is 6.54 Å². The van der Waals surface area contributed by atoms with Crippen LogP contribution in [-0.2, 0) is 16.1 Å². The average Bonchev–Trinajstić information content (AvgIpc) is 2.94. The number of aromatic nitrogens is 1. The van der Waals surface area contributed by atoms with E-state index in [0.717, 1.165) is 11.3 Å². The first-order valence-corrected chi connectivity index (χ1v) is 8.51. The molecule has 1 heterocycles. The van der Waals surface area contributed by atoms with Gasteiger partial charge < -0.3 is 9.84 Å². The molecule has 0 radical (unpaired) electrons. The lowest BCUT2D eigenvalue weighted by molar-refractivity contribution is -0.135. The zero-order valence-electron chi connectivity index (χ0n) is 14.1. The van der Waals surface area contributed by atoms with E-state index in [2.05, 4.69) is 12.3 Å². The highest BCUT2D eigenvalue weighted by Gasteiger charge is 2.16. The monoisotopic (exact) mass is 368 g/mol. The Labute approximate surface area is 153 Å². The number of esters is 1. The van der Waals surface area contributed by atoms with Gasteiger partial charge >= 0.3 is 5.97 Å². The molecule has 0 aliphatic rings. The van der Waals surface area contributed by atoms with E-state index in [1.165, 1.54) is 22.8 Å². The Hall–Kier alpha value is -3.33. The zero-order valence-corrected chi connectivity index (χ0v) is 14.9. The molecule has 2 rings (SSSR count). The van der Waals surface area contributed by atoms with Gasteiger partial charge in [-0.05, 0) is 30.7 Å². The summed E-state index contributed by atoms with van der Waals surface area (Å²) in [6.45, 7) is 5.45. The number of hydrogen-bond donors (Lipinski definition) is 1. The van der Waals surface area contributed by atoms with E-state index in [-0.39, 0.29) is 32.7 Å². The molecule has 0 aliphatic carbocycles. The van der Waals surface area contributed by atoms with Gasteiger partial charge in [-0.2, -0.15) is 5.26 Å². The predicted octanol–water partition coefficient (Wildman–Crippen LogP) is 1.13. The molecule has 0 saturated carbocycles. The largest absolute Gasteiger partial charge is 0.508 e. The fourth-order valence-corrected chi connectivity index (χ4v) is 3.19. The molecule has 0 amide bonds. The third-order valence-corrected chi connectivity index (χ3v) is 4.42. The van der Waals surface area contributed by atoms with Crippen LogP contribution < -0.4 is 14.8 Å². The van der Waals surface area contributed by atoms with Gasteiger partial charge in [-0.15, -0.1) is 11.3 Å². The zero-order chi connectivity index (χ0) is 19.1. The topological polar surface area (TPSA) is 92.3 Å². The van der Waals surface area contributed by atoms with Gasteiger partial charge in [-0.1, -0.05) is 30.5 Å². The molecule has 7 heteroatoms. The van der Waals surface area contributed by atoms with E-state index in [1.807, 2.05) is 6.07 Å². The standard InChI is InChI=1S/C19H16N2O4S/c1-3-10-25-19(24)15(12-20)18-21(4-2)17(23)16(26-18)9-8-13-6-5-7-14(22)11-13/h3,5-8,11,22H,1,4,10H2,2H3/b18-15-. The maximum atomic E-state index is 12.5. The summed E-state index contributed by atoms with van der Waals surface area (Å²) in [6.07, 6.45) is 2.95. The molecule has 0 atom stereocenters. The smallest absolute Gasteiger partial charge is 0.352 e. The highest BCUT2D eigenvalue weighted by atomic mass is 32.1. The van der Waals surface area contributed by atoms with E-state index in [9.17, 15) is 20.0 Å². The van der Waals surface area contributed by atoms with Gasteiger partial charge in [0.05, 0.1) is 0 Å². The Morgan fingerprint density at radius 1 is 1.50 bits per heavy atom. The van der Waals surface area contributed by atoms with Crippen LogP contribution in [-0.4, -0.2) is 22.2 Å². The van der Waals surface area contributed by atoms with Crippen molar-refractivity contribution < 1.29 is 14.6 Å². The van der Waals surface area contributed by atoms with Crippen LogP contribution in [0.4, 0.5) is 0 Å². The van der Waals surface area contributed by atoms with Crippen LogP contribution in [0.5, 0.6) is 5.75 Å². The molecule has 0 unspecified atom stereocenters. The summed E-state index contributed by atoms with van der Waals surface area (Å²) >= 11 is 0.988. The van der Waals surface area contributed by atoms with Crippen molar-refractivity contribution in [3.8, 4) is 11.8 Å². The molecule has 0 spiro atoms. The van der Waals surface area contributed by atoms with E-state index in [4.69, 9.17) is 4.74 Å². The molecule has 0 fully saturated rings. The number of aromatic hydroxyl groups is 1. The molecule has 2 aromatic rings. The number of thiazole rings is 1. The summed E-state index contributed by atoms with van der Waals surface area (Å²) in [5.74, 6) is -0.706. The first-order valence-electron chi connectivity index (χ1n) is 7.69. The van der Waals surface area contributed by atoms with Crippen molar-refractivity contribution in [1.82, 2.24) is 4.57 Å². The van der Waals surface area contributed by atoms with Crippen molar-refractivity contribution in [1.29, 1.82) is 5.26 Å².